The van der Waals surface area contributed by atoms with E-state index in [0.717, 1.165) is 13.0 Å². The standard InChI is InChI=1S/C10H20N2O2/c1-3-5-7-14-8-6-12-10(13)9-11-4-2/h3,11H,1,4-9H2,2H3,(H,12,13). The van der Waals surface area contributed by atoms with E-state index in [1.807, 2.05) is 13.0 Å². The molecule has 0 saturated carbocycles. The molecule has 0 aromatic heterocycles. The van der Waals surface area contributed by atoms with Crippen molar-refractivity contribution in [1.82, 2.24) is 10.6 Å². The molecule has 0 aromatic carbocycles. The quantitative estimate of drug-likeness (QED) is 0.416. The summed E-state index contributed by atoms with van der Waals surface area (Å²) in [6, 6.07) is 0. The zero-order valence-electron chi connectivity index (χ0n) is 8.84. The highest BCUT2D eigenvalue weighted by Crippen LogP contribution is 1.81. The molecule has 0 atom stereocenters. The van der Waals surface area contributed by atoms with E-state index in [1.165, 1.54) is 0 Å². The van der Waals surface area contributed by atoms with Crippen molar-refractivity contribution >= 4 is 5.91 Å². The van der Waals surface area contributed by atoms with Crippen LogP contribution in [0.25, 0.3) is 0 Å². The topological polar surface area (TPSA) is 50.4 Å². The Morgan fingerprint density at radius 3 is 2.93 bits per heavy atom. The van der Waals surface area contributed by atoms with Crippen molar-refractivity contribution in [3.63, 3.8) is 0 Å². The van der Waals surface area contributed by atoms with Crippen molar-refractivity contribution in [3.8, 4) is 0 Å². The SMILES string of the molecule is C=CCCOCCNC(=O)CNCC. The first kappa shape index (κ1) is 13.1. The fourth-order valence-corrected chi connectivity index (χ4v) is 0.832. The van der Waals surface area contributed by atoms with E-state index in [0.29, 0.717) is 26.3 Å². The zero-order valence-corrected chi connectivity index (χ0v) is 8.84. The Morgan fingerprint density at radius 1 is 1.50 bits per heavy atom. The van der Waals surface area contributed by atoms with E-state index in [4.69, 9.17) is 4.74 Å². The maximum Gasteiger partial charge on any atom is 0.234 e. The highest BCUT2D eigenvalue weighted by Gasteiger charge is 1.97. The summed E-state index contributed by atoms with van der Waals surface area (Å²) < 4.78 is 5.22. The molecular weight excluding hydrogens is 180 g/mol. The van der Waals surface area contributed by atoms with Crippen LogP contribution >= 0.6 is 0 Å². The van der Waals surface area contributed by atoms with E-state index in [9.17, 15) is 4.79 Å². The molecule has 0 aliphatic heterocycles. The Balaban J connectivity index is 3.10. The fraction of sp³-hybridized carbons (Fsp3) is 0.700. The van der Waals surface area contributed by atoms with Gasteiger partial charge in [0.1, 0.15) is 0 Å². The Hall–Kier alpha value is -0.870. The van der Waals surface area contributed by atoms with Gasteiger partial charge in [-0.2, -0.15) is 0 Å². The third-order valence-corrected chi connectivity index (χ3v) is 1.57. The van der Waals surface area contributed by atoms with E-state index in [1.54, 1.807) is 0 Å². The summed E-state index contributed by atoms with van der Waals surface area (Å²) in [5.41, 5.74) is 0. The molecule has 0 aliphatic carbocycles. The van der Waals surface area contributed by atoms with Gasteiger partial charge in [-0.05, 0) is 13.0 Å². The molecule has 0 spiro atoms. The molecule has 0 saturated heterocycles. The first-order valence-electron chi connectivity index (χ1n) is 4.97. The minimum Gasteiger partial charge on any atom is -0.379 e. The van der Waals surface area contributed by atoms with Crippen molar-refractivity contribution < 1.29 is 9.53 Å². The summed E-state index contributed by atoms with van der Waals surface area (Å²) in [4.78, 5) is 11.0. The Bertz CT molecular complexity index is 160. The molecule has 0 rings (SSSR count). The summed E-state index contributed by atoms with van der Waals surface area (Å²) in [5, 5.41) is 5.69. The van der Waals surface area contributed by atoms with Crippen LogP contribution in [0.3, 0.4) is 0 Å². The van der Waals surface area contributed by atoms with E-state index in [-0.39, 0.29) is 5.91 Å². The molecule has 0 bridgehead atoms. The highest BCUT2D eigenvalue weighted by atomic mass is 16.5. The van der Waals surface area contributed by atoms with Crippen LogP contribution in [-0.4, -0.2) is 38.8 Å². The van der Waals surface area contributed by atoms with Crippen LogP contribution in [0.2, 0.25) is 0 Å². The lowest BCUT2D eigenvalue weighted by Gasteiger charge is -2.05. The minimum atomic E-state index is 0.0131. The molecule has 14 heavy (non-hydrogen) atoms. The van der Waals surface area contributed by atoms with Crippen LogP contribution < -0.4 is 10.6 Å². The molecule has 82 valence electrons. The normalized spacial score (nSPS) is 9.79. The summed E-state index contributed by atoms with van der Waals surface area (Å²) >= 11 is 0. The van der Waals surface area contributed by atoms with Gasteiger partial charge in [-0.25, -0.2) is 0 Å². The average Bonchev–Trinajstić information content (AvgIpc) is 2.20. The second-order valence-electron chi connectivity index (χ2n) is 2.82. The van der Waals surface area contributed by atoms with Crippen LogP contribution in [0.1, 0.15) is 13.3 Å². The molecule has 1 amide bonds. The monoisotopic (exact) mass is 200 g/mol. The molecule has 0 aliphatic rings. The third-order valence-electron chi connectivity index (χ3n) is 1.57. The van der Waals surface area contributed by atoms with Crippen LogP contribution in [0.15, 0.2) is 12.7 Å². The number of carbonyl (C=O) groups excluding carboxylic acids is 1. The van der Waals surface area contributed by atoms with Gasteiger partial charge in [0.25, 0.3) is 0 Å². The van der Waals surface area contributed by atoms with Gasteiger partial charge in [0.2, 0.25) is 5.91 Å². The van der Waals surface area contributed by atoms with Crippen LogP contribution in [0.5, 0.6) is 0 Å². The second-order valence-corrected chi connectivity index (χ2v) is 2.82. The van der Waals surface area contributed by atoms with Gasteiger partial charge >= 0.3 is 0 Å². The van der Waals surface area contributed by atoms with E-state index < -0.39 is 0 Å². The summed E-state index contributed by atoms with van der Waals surface area (Å²) in [6.45, 7) is 8.54. The van der Waals surface area contributed by atoms with Crippen molar-refractivity contribution in [3.05, 3.63) is 12.7 Å². The van der Waals surface area contributed by atoms with Gasteiger partial charge in [0, 0.05) is 6.54 Å². The predicted octanol–water partition coefficient (Wildman–Crippen LogP) is 0.305. The van der Waals surface area contributed by atoms with Gasteiger partial charge in [-0.15, -0.1) is 6.58 Å². The number of nitrogens with one attached hydrogen (secondary N) is 2. The average molecular weight is 200 g/mol. The number of likely N-dealkylation sites (N-methyl/N-ethyl adjacent to an activating group) is 1. The van der Waals surface area contributed by atoms with Gasteiger partial charge in [-0.1, -0.05) is 13.0 Å². The lowest BCUT2D eigenvalue weighted by molar-refractivity contribution is -0.120. The van der Waals surface area contributed by atoms with Gasteiger partial charge < -0.3 is 15.4 Å². The largest absolute Gasteiger partial charge is 0.379 e. The summed E-state index contributed by atoms with van der Waals surface area (Å²) in [5.74, 6) is 0.0131. The minimum absolute atomic E-state index is 0.0131. The number of hydrogen-bond donors (Lipinski definition) is 2. The predicted molar refractivity (Wildman–Crippen MR) is 57.2 cm³/mol. The number of amides is 1. The van der Waals surface area contributed by atoms with Gasteiger partial charge in [0.05, 0.1) is 19.8 Å². The first-order chi connectivity index (χ1) is 6.81. The number of hydrogen-bond acceptors (Lipinski definition) is 3. The Morgan fingerprint density at radius 2 is 2.29 bits per heavy atom. The molecule has 0 heterocycles. The molecule has 0 fully saturated rings. The molecule has 2 N–H and O–H groups in total. The van der Waals surface area contributed by atoms with E-state index in [2.05, 4.69) is 17.2 Å². The van der Waals surface area contributed by atoms with Crippen molar-refractivity contribution in [2.75, 3.05) is 32.8 Å². The van der Waals surface area contributed by atoms with E-state index >= 15 is 0 Å². The lowest BCUT2D eigenvalue weighted by Crippen LogP contribution is -2.35. The molecule has 0 radical (unpaired) electrons. The van der Waals surface area contributed by atoms with Crippen LogP contribution in [0, 0.1) is 0 Å². The van der Waals surface area contributed by atoms with Gasteiger partial charge in [0.15, 0.2) is 0 Å². The Labute approximate surface area is 85.7 Å². The number of rotatable bonds is 9. The maximum atomic E-state index is 11.0. The van der Waals surface area contributed by atoms with Crippen LogP contribution in [-0.2, 0) is 9.53 Å². The third kappa shape index (κ3) is 9.22. The number of carbonyl (C=O) groups is 1. The molecular formula is C10H20N2O2. The fourth-order valence-electron chi connectivity index (χ4n) is 0.832. The molecule has 4 nitrogen and oxygen atoms in total. The van der Waals surface area contributed by atoms with Crippen LogP contribution in [0.4, 0.5) is 0 Å². The summed E-state index contributed by atoms with van der Waals surface area (Å²) in [6.07, 6.45) is 2.66. The highest BCUT2D eigenvalue weighted by molar-refractivity contribution is 5.77. The Kier molecular flexibility index (Phi) is 9.58. The zero-order chi connectivity index (χ0) is 10.6. The molecule has 4 heteroatoms. The number of ether oxygens (including phenoxy) is 1. The van der Waals surface area contributed by atoms with Crippen molar-refractivity contribution in [2.45, 2.75) is 13.3 Å². The van der Waals surface area contributed by atoms with Crippen molar-refractivity contribution in [1.29, 1.82) is 0 Å². The molecule has 0 unspecified atom stereocenters. The summed E-state index contributed by atoms with van der Waals surface area (Å²) in [7, 11) is 0. The second kappa shape index (κ2) is 10.2. The van der Waals surface area contributed by atoms with Crippen molar-refractivity contribution in [2.24, 2.45) is 0 Å². The van der Waals surface area contributed by atoms with Gasteiger partial charge in [-0.3, -0.25) is 4.79 Å². The maximum absolute atomic E-state index is 11.0. The lowest BCUT2D eigenvalue weighted by atomic mass is 10.4. The first-order valence-corrected chi connectivity index (χ1v) is 4.97. The smallest absolute Gasteiger partial charge is 0.234 e. The molecule has 0 aromatic rings.